The number of hydrogen-bond donors (Lipinski definition) is 0. The minimum atomic E-state index is -0.614. The first-order valence-corrected chi connectivity index (χ1v) is 8.44. The van der Waals surface area contributed by atoms with Crippen LogP contribution in [0.1, 0.15) is 58.3 Å². The summed E-state index contributed by atoms with van der Waals surface area (Å²) in [5.74, 6) is -0.405. The Balaban J connectivity index is 1.79. The van der Waals surface area contributed by atoms with Crippen molar-refractivity contribution < 1.29 is 13.9 Å². The van der Waals surface area contributed by atoms with Gasteiger partial charge in [-0.1, -0.05) is 63.6 Å². The lowest BCUT2D eigenvalue weighted by Crippen LogP contribution is -2.13. The summed E-state index contributed by atoms with van der Waals surface area (Å²) in [7, 11) is 0. The van der Waals surface area contributed by atoms with Crippen molar-refractivity contribution in [1.82, 2.24) is 0 Å². The molecule has 4 nitrogen and oxygen atoms in total. The van der Waals surface area contributed by atoms with Crippen molar-refractivity contribution in [3.05, 3.63) is 40.8 Å². The van der Waals surface area contributed by atoms with Gasteiger partial charge in [-0.15, -0.1) is 0 Å². The summed E-state index contributed by atoms with van der Waals surface area (Å²) in [5.41, 5.74) is -0.124. The molecule has 2 aromatic rings. The van der Waals surface area contributed by atoms with Crippen molar-refractivity contribution in [2.75, 3.05) is 0 Å². The lowest BCUT2D eigenvalue weighted by molar-refractivity contribution is -0.134. The number of benzene rings is 1. The van der Waals surface area contributed by atoms with Crippen molar-refractivity contribution in [2.24, 2.45) is 0 Å². The number of para-hydroxylation sites is 1. The van der Waals surface area contributed by atoms with Gasteiger partial charge in [0.1, 0.15) is 5.58 Å². The smallest absolute Gasteiger partial charge is 0.379 e. The van der Waals surface area contributed by atoms with Crippen LogP contribution in [0.3, 0.4) is 0 Å². The fraction of sp³-hybridized carbons (Fsp3) is 0.474. The molecule has 124 valence electrons. The third-order valence-electron chi connectivity index (χ3n) is 3.82. The number of hydrogen-bond acceptors (Lipinski definition) is 4. The largest absolute Gasteiger partial charge is 0.420 e. The summed E-state index contributed by atoms with van der Waals surface area (Å²) in [5, 5.41) is 0.742. The van der Waals surface area contributed by atoms with E-state index in [9.17, 15) is 9.59 Å². The first-order valence-electron chi connectivity index (χ1n) is 8.44. The Kier molecular flexibility index (Phi) is 6.85. The van der Waals surface area contributed by atoms with E-state index in [4.69, 9.17) is 9.15 Å². The van der Waals surface area contributed by atoms with Gasteiger partial charge in [-0.3, -0.25) is 4.79 Å². The van der Waals surface area contributed by atoms with Gasteiger partial charge in [-0.25, -0.2) is 4.79 Å². The van der Waals surface area contributed by atoms with Gasteiger partial charge in [0.05, 0.1) is 0 Å². The number of rotatable bonds is 9. The zero-order chi connectivity index (χ0) is 16.5. The Labute approximate surface area is 136 Å². The molecule has 1 aromatic heterocycles. The van der Waals surface area contributed by atoms with Crippen LogP contribution in [0.5, 0.6) is 5.75 Å². The van der Waals surface area contributed by atoms with E-state index >= 15 is 0 Å². The van der Waals surface area contributed by atoms with E-state index in [0.29, 0.717) is 12.0 Å². The van der Waals surface area contributed by atoms with Crippen molar-refractivity contribution >= 4 is 16.9 Å². The first kappa shape index (κ1) is 17.3. The minimum Gasteiger partial charge on any atom is -0.420 e. The molecule has 0 radical (unpaired) electrons. The molecule has 0 aliphatic heterocycles. The Morgan fingerprint density at radius 2 is 1.74 bits per heavy atom. The molecule has 0 aliphatic rings. The van der Waals surface area contributed by atoms with E-state index in [2.05, 4.69) is 6.92 Å². The second-order valence-electron chi connectivity index (χ2n) is 5.78. The predicted molar refractivity (Wildman–Crippen MR) is 90.7 cm³/mol. The maximum Gasteiger partial charge on any atom is 0.379 e. The van der Waals surface area contributed by atoms with E-state index in [1.54, 1.807) is 18.2 Å². The van der Waals surface area contributed by atoms with Gasteiger partial charge in [0.2, 0.25) is 5.75 Å². The van der Waals surface area contributed by atoms with Gasteiger partial charge in [-0.2, -0.15) is 0 Å². The molecule has 0 fully saturated rings. The van der Waals surface area contributed by atoms with Gasteiger partial charge in [0, 0.05) is 11.8 Å². The minimum absolute atomic E-state index is 0.0309. The van der Waals surface area contributed by atoms with Crippen molar-refractivity contribution in [2.45, 2.75) is 58.3 Å². The van der Waals surface area contributed by atoms with Gasteiger partial charge < -0.3 is 9.15 Å². The molecule has 2 rings (SSSR count). The molecule has 1 heterocycles. The zero-order valence-electron chi connectivity index (χ0n) is 13.7. The van der Waals surface area contributed by atoms with Crippen molar-refractivity contribution in [1.29, 1.82) is 0 Å². The molecule has 0 N–H and O–H groups in total. The molecular weight excluding hydrogens is 292 g/mol. The number of carbonyl (C=O) groups is 1. The van der Waals surface area contributed by atoms with Crippen LogP contribution in [0, 0.1) is 0 Å². The summed E-state index contributed by atoms with van der Waals surface area (Å²) in [6.45, 7) is 2.19. The van der Waals surface area contributed by atoms with E-state index in [0.717, 1.165) is 24.6 Å². The van der Waals surface area contributed by atoms with Crippen LogP contribution >= 0.6 is 0 Å². The van der Waals surface area contributed by atoms with Gasteiger partial charge in [0.15, 0.2) is 0 Å². The number of unbranched alkanes of at least 4 members (excludes halogenated alkanes) is 6. The fourth-order valence-electron chi connectivity index (χ4n) is 2.51. The zero-order valence-corrected chi connectivity index (χ0v) is 13.7. The standard InChI is InChI=1S/C19H24O4/c1-2-3-4-5-6-7-8-13-18(20)22-17-14-15-11-9-10-12-16(15)23-19(17)21/h9-12,14H,2-8,13H2,1H3. The van der Waals surface area contributed by atoms with Gasteiger partial charge >= 0.3 is 11.6 Å². The van der Waals surface area contributed by atoms with Crippen molar-refractivity contribution in [3.63, 3.8) is 0 Å². The lowest BCUT2D eigenvalue weighted by atomic mass is 10.1. The molecule has 0 aliphatic carbocycles. The third kappa shape index (κ3) is 5.55. The van der Waals surface area contributed by atoms with Crippen LogP contribution in [0.15, 0.2) is 39.5 Å². The van der Waals surface area contributed by atoms with E-state index < -0.39 is 5.63 Å². The molecule has 0 unspecified atom stereocenters. The highest BCUT2D eigenvalue weighted by Crippen LogP contribution is 2.17. The second-order valence-corrected chi connectivity index (χ2v) is 5.78. The normalized spacial score (nSPS) is 10.8. The number of fused-ring (bicyclic) bond motifs is 1. The average molecular weight is 316 g/mol. The highest BCUT2D eigenvalue weighted by molar-refractivity contribution is 5.79. The van der Waals surface area contributed by atoms with Crippen LogP contribution in [0.2, 0.25) is 0 Å². The SMILES string of the molecule is CCCCCCCCCC(=O)Oc1cc2ccccc2oc1=O. The number of carbonyl (C=O) groups excluding carboxylic acids is 1. The summed E-state index contributed by atoms with van der Waals surface area (Å²) >= 11 is 0. The van der Waals surface area contributed by atoms with Crippen LogP contribution < -0.4 is 10.4 Å². The lowest BCUT2D eigenvalue weighted by Gasteiger charge is -2.04. The summed E-state index contributed by atoms with van der Waals surface area (Å²) in [6.07, 6.45) is 8.29. The van der Waals surface area contributed by atoms with Crippen LogP contribution in [0.25, 0.3) is 11.0 Å². The summed E-state index contributed by atoms with van der Waals surface area (Å²) in [6, 6.07) is 8.71. The Hall–Kier alpha value is -2.10. The Bertz CT molecular complexity index is 687. The van der Waals surface area contributed by atoms with Gasteiger partial charge in [0.25, 0.3) is 0 Å². The Morgan fingerprint density at radius 3 is 2.52 bits per heavy atom. The molecule has 0 saturated carbocycles. The van der Waals surface area contributed by atoms with Gasteiger partial charge in [-0.05, 0) is 18.6 Å². The molecule has 0 atom stereocenters. The van der Waals surface area contributed by atoms with E-state index in [1.807, 2.05) is 12.1 Å². The summed E-state index contributed by atoms with van der Waals surface area (Å²) < 4.78 is 10.3. The molecular formula is C19H24O4. The van der Waals surface area contributed by atoms with Crippen LogP contribution in [0.4, 0.5) is 0 Å². The highest BCUT2D eigenvalue weighted by atomic mass is 16.5. The van der Waals surface area contributed by atoms with E-state index in [-0.39, 0.29) is 11.7 Å². The molecule has 4 heteroatoms. The van der Waals surface area contributed by atoms with Crippen molar-refractivity contribution in [3.8, 4) is 5.75 Å². The second kappa shape index (κ2) is 9.13. The molecule has 0 bridgehead atoms. The van der Waals surface area contributed by atoms with E-state index in [1.165, 1.54) is 25.7 Å². The molecule has 23 heavy (non-hydrogen) atoms. The predicted octanol–water partition coefficient (Wildman–Crippen LogP) is 4.84. The molecule has 1 aromatic carbocycles. The maximum atomic E-state index is 11.8. The van der Waals surface area contributed by atoms with Crippen LogP contribution in [-0.4, -0.2) is 5.97 Å². The quantitative estimate of drug-likeness (QED) is 0.377. The first-order chi connectivity index (χ1) is 11.2. The monoisotopic (exact) mass is 316 g/mol. The topological polar surface area (TPSA) is 56.5 Å². The summed E-state index contributed by atoms with van der Waals surface area (Å²) in [4.78, 5) is 23.6. The molecule has 0 spiro atoms. The molecule has 0 amide bonds. The third-order valence-corrected chi connectivity index (χ3v) is 3.82. The average Bonchev–Trinajstić information content (AvgIpc) is 2.55. The number of ether oxygens (including phenoxy) is 1. The van der Waals surface area contributed by atoms with Crippen LogP contribution in [-0.2, 0) is 4.79 Å². The maximum absolute atomic E-state index is 11.8. The molecule has 0 saturated heterocycles. The Morgan fingerprint density at radius 1 is 1.04 bits per heavy atom. The fourth-order valence-corrected chi connectivity index (χ4v) is 2.51. The highest BCUT2D eigenvalue weighted by Gasteiger charge is 2.11. The number of esters is 1.